The molecule has 0 amide bonds. The summed E-state index contributed by atoms with van der Waals surface area (Å²) in [7, 11) is 0. The predicted octanol–water partition coefficient (Wildman–Crippen LogP) is 6.93. The van der Waals surface area contributed by atoms with Crippen molar-refractivity contribution in [1.82, 2.24) is 0 Å². The third kappa shape index (κ3) is 5.32. The van der Waals surface area contributed by atoms with Crippen molar-refractivity contribution in [3.05, 3.63) is 47.6 Å². The number of hydrogen-bond donors (Lipinski definition) is 0. The van der Waals surface area contributed by atoms with E-state index in [9.17, 15) is 0 Å². The number of rotatable bonds is 11. The van der Waals surface area contributed by atoms with Crippen molar-refractivity contribution in [2.45, 2.75) is 77.6 Å². The summed E-state index contributed by atoms with van der Waals surface area (Å²) in [6.07, 6.45) is 15.6. The van der Waals surface area contributed by atoms with Gasteiger partial charge in [-0.05, 0) is 29.0 Å². The zero-order valence-electron chi connectivity index (χ0n) is 16.2. The van der Waals surface area contributed by atoms with E-state index in [0.29, 0.717) is 11.8 Å². The van der Waals surface area contributed by atoms with Gasteiger partial charge in [-0.15, -0.1) is 0 Å². The van der Waals surface area contributed by atoms with E-state index in [1.165, 1.54) is 55.2 Å². The molecule has 0 N–H and O–H groups in total. The van der Waals surface area contributed by atoms with Crippen LogP contribution in [0.5, 0.6) is 0 Å². The highest BCUT2D eigenvalue weighted by atomic mass is 15.0. The molecular weight excluding hydrogens is 304 g/mol. The molecule has 1 atom stereocenters. The Morgan fingerprint density at radius 2 is 1.72 bits per heavy atom. The Hall–Kier alpha value is -1.83. The molecule has 2 heteroatoms. The average Bonchev–Trinajstić information content (AvgIpc) is 3.14. The lowest BCUT2D eigenvalue weighted by Crippen LogP contribution is -2.11. The van der Waals surface area contributed by atoms with E-state index in [-0.39, 0.29) is 0 Å². The van der Waals surface area contributed by atoms with Crippen LogP contribution in [0.15, 0.2) is 34.8 Å². The van der Waals surface area contributed by atoms with Gasteiger partial charge in [0, 0.05) is 0 Å². The second-order valence-electron chi connectivity index (χ2n) is 7.23. The van der Waals surface area contributed by atoms with E-state index in [1.807, 2.05) is 18.5 Å². The largest absolute Gasteiger partial charge is 0.248 e. The van der Waals surface area contributed by atoms with Crippen molar-refractivity contribution in [2.75, 3.05) is 0 Å². The quantitative estimate of drug-likeness (QED) is 0.309. The summed E-state index contributed by atoms with van der Waals surface area (Å²) in [5, 5.41) is 0. The zero-order valence-corrected chi connectivity index (χ0v) is 16.2. The van der Waals surface area contributed by atoms with E-state index in [1.54, 1.807) is 0 Å². The van der Waals surface area contributed by atoms with Crippen LogP contribution in [0.4, 0.5) is 0 Å². The summed E-state index contributed by atoms with van der Waals surface area (Å²) < 4.78 is 0. The van der Waals surface area contributed by atoms with Gasteiger partial charge in [0.2, 0.25) is 6.17 Å². The minimum Gasteiger partial charge on any atom is -0.0985 e. The molecule has 0 aromatic heterocycles. The van der Waals surface area contributed by atoms with Crippen LogP contribution in [-0.4, -0.2) is 12.4 Å². The lowest BCUT2D eigenvalue weighted by molar-refractivity contribution is 0.536. The fourth-order valence-corrected chi connectivity index (χ4v) is 3.74. The first-order chi connectivity index (χ1) is 12.2. The number of nitrogens with zero attached hydrogens (tertiary/aromatic N) is 2. The van der Waals surface area contributed by atoms with Crippen molar-refractivity contribution in [3.63, 3.8) is 0 Å². The Morgan fingerprint density at radius 3 is 2.36 bits per heavy atom. The highest BCUT2D eigenvalue weighted by molar-refractivity contribution is 6.18. The topological polar surface area (TPSA) is 24.7 Å². The summed E-state index contributed by atoms with van der Waals surface area (Å²) in [6.45, 7) is 10.8. The van der Waals surface area contributed by atoms with Crippen LogP contribution < -0.4 is 0 Å². The molecule has 1 aliphatic heterocycles. The first-order valence-electron chi connectivity index (χ1n) is 9.87. The number of benzene rings is 1. The normalized spacial score (nSPS) is 14.5. The maximum atomic E-state index is 4.54. The van der Waals surface area contributed by atoms with E-state index in [2.05, 4.69) is 55.5 Å². The van der Waals surface area contributed by atoms with Gasteiger partial charge in [0.05, 0.1) is 5.92 Å². The summed E-state index contributed by atoms with van der Waals surface area (Å²) >= 11 is 0. The number of hydrogen-bond acceptors (Lipinski definition) is 2. The monoisotopic (exact) mass is 337 g/mol. The Bertz CT molecular complexity index is 586. The highest BCUT2D eigenvalue weighted by Gasteiger charge is 2.32. The van der Waals surface area contributed by atoms with Crippen LogP contribution in [0.3, 0.4) is 0 Å². The van der Waals surface area contributed by atoms with Crippen molar-refractivity contribution < 1.29 is 0 Å². The highest BCUT2D eigenvalue weighted by Crippen LogP contribution is 2.39. The second-order valence-corrected chi connectivity index (χ2v) is 7.23. The van der Waals surface area contributed by atoms with Crippen LogP contribution in [0.2, 0.25) is 0 Å². The molecule has 0 radical (unpaired) electrons. The molecule has 1 unspecified atom stereocenters. The molecule has 0 bridgehead atoms. The molecule has 0 saturated heterocycles. The molecule has 25 heavy (non-hydrogen) atoms. The minimum atomic E-state index is 0.290. The number of unbranched alkanes of at least 4 members (excludes halogenated alkanes) is 5. The van der Waals surface area contributed by atoms with Gasteiger partial charge < -0.3 is 0 Å². The van der Waals surface area contributed by atoms with Gasteiger partial charge in [-0.1, -0.05) is 100 Å². The summed E-state index contributed by atoms with van der Waals surface area (Å²) in [5.74, 6) is 0.754. The molecule has 2 rings (SSSR count). The SMILES string of the molecule is C=Cc1cccc(C(CCCCCCCC)[C+]2N=CC=N2)c1C(C)C. The summed E-state index contributed by atoms with van der Waals surface area (Å²) in [5.41, 5.74) is 4.03. The molecule has 0 spiro atoms. The van der Waals surface area contributed by atoms with E-state index < -0.39 is 0 Å². The van der Waals surface area contributed by atoms with Crippen LogP contribution in [0, 0.1) is 6.17 Å². The maximum Gasteiger partial charge on any atom is 0.248 e. The molecular formula is C23H33N2+. The standard InChI is InChI=1S/C23H33N2/c1-5-7-8-9-10-11-14-21(23-24-16-17-25-23)20-15-12-13-19(6-2)22(20)18(3)4/h6,12-13,15-18,21H,2,5,7-11,14H2,1,3-4H3/q+1. The first-order valence-corrected chi connectivity index (χ1v) is 9.87. The molecule has 2 nitrogen and oxygen atoms in total. The van der Waals surface area contributed by atoms with Gasteiger partial charge in [0.25, 0.3) is 0 Å². The summed E-state index contributed by atoms with van der Waals surface area (Å²) in [4.78, 5) is 9.08. The summed E-state index contributed by atoms with van der Waals surface area (Å²) in [6, 6.07) is 6.58. The Morgan fingerprint density at radius 1 is 1.04 bits per heavy atom. The zero-order chi connectivity index (χ0) is 18.1. The van der Waals surface area contributed by atoms with Crippen molar-refractivity contribution in [1.29, 1.82) is 0 Å². The van der Waals surface area contributed by atoms with Gasteiger partial charge in [-0.3, -0.25) is 0 Å². The lowest BCUT2D eigenvalue weighted by atomic mass is 9.82. The Labute approximate surface area is 154 Å². The molecule has 0 fully saturated rings. The first kappa shape index (κ1) is 19.5. The van der Waals surface area contributed by atoms with E-state index >= 15 is 0 Å². The molecule has 0 aliphatic carbocycles. The molecule has 1 aromatic rings. The number of aliphatic imine (C=N–C) groups is 2. The van der Waals surface area contributed by atoms with Crippen molar-refractivity contribution in [2.24, 2.45) is 9.98 Å². The molecule has 1 aromatic carbocycles. The smallest absolute Gasteiger partial charge is 0.0985 e. The average molecular weight is 338 g/mol. The van der Waals surface area contributed by atoms with Gasteiger partial charge in [-0.25, -0.2) is 0 Å². The van der Waals surface area contributed by atoms with Gasteiger partial charge in [0.15, 0.2) is 12.4 Å². The fourth-order valence-electron chi connectivity index (χ4n) is 3.74. The Balaban J connectivity index is 2.17. The lowest BCUT2D eigenvalue weighted by Gasteiger charge is -2.22. The van der Waals surface area contributed by atoms with Gasteiger partial charge >= 0.3 is 0 Å². The van der Waals surface area contributed by atoms with Crippen LogP contribution in [0.1, 0.15) is 94.2 Å². The molecule has 1 aliphatic rings. The third-order valence-electron chi connectivity index (χ3n) is 4.98. The second kappa shape index (κ2) is 10.2. The predicted molar refractivity (Wildman–Crippen MR) is 112 cm³/mol. The molecule has 134 valence electrons. The Kier molecular flexibility index (Phi) is 7.97. The molecule has 0 saturated carbocycles. The fraction of sp³-hybridized carbons (Fsp3) is 0.522. The van der Waals surface area contributed by atoms with Crippen LogP contribution in [0.25, 0.3) is 6.08 Å². The van der Waals surface area contributed by atoms with Gasteiger partial charge in [0.1, 0.15) is 0 Å². The minimum absolute atomic E-state index is 0.290. The molecule has 1 heterocycles. The van der Waals surface area contributed by atoms with Crippen LogP contribution in [-0.2, 0) is 0 Å². The van der Waals surface area contributed by atoms with Crippen molar-refractivity contribution in [3.8, 4) is 0 Å². The third-order valence-corrected chi connectivity index (χ3v) is 4.98. The maximum absolute atomic E-state index is 4.54. The van der Waals surface area contributed by atoms with Crippen LogP contribution >= 0.6 is 0 Å². The van der Waals surface area contributed by atoms with E-state index in [0.717, 1.165) is 12.6 Å². The van der Waals surface area contributed by atoms with Gasteiger partial charge in [-0.2, -0.15) is 0 Å². The van der Waals surface area contributed by atoms with E-state index in [4.69, 9.17) is 0 Å². The van der Waals surface area contributed by atoms with Crippen molar-refractivity contribution >= 4 is 18.5 Å².